The van der Waals surface area contributed by atoms with Crippen LogP contribution in [-0.2, 0) is 0 Å². The quantitative estimate of drug-likeness (QED) is 0.847. The molecule has 0 amide bonds. The van der Waals surface area contributed by atoms with Crippen LogP contribution in [0.2, 0.25) is 0 Å². The van der Waals surface area contributed by atoms with Gasteiger partial charge in [0.1, 0.15) is 5.82 Å². The second-order valence-electron chi connectivity index (χ2n) is 4.83. The maximum Gasteiger partial charge on any atom is 0.147 e. The second-order valence-corrected chi connectivity index (χ2v) is 4.83. The molecule has 1 aliphatic heterocycles. The summed E-state index contributed by atoms with van der Waals surface area (Å²) in [6.45, 7) is 5.77. The van der Waals surface area contributed by atoms with Gasteiger partial charge in [0.05, 0.1) is 17.6 Å². The van der Waals surface area contributed by atoms with E-state index < -0.39 is 0 Å². The molecule has 1 fully saturated rings. The highest BCUT2D eigenvalue weighted by Gasteiger charge is 2.21. The van der Waals surface area contributed by atoms with E-state index in [2.05, 4.69) is 14.9 Å². The van der Waals surface area contributed by atoms with E-state index in [4.69, 9.17) is 5.73 Å². The van der Waals surface area contributed by atoms with Crippen molar-refractivity contribution in [2.45, 2.75) is 45.6 Å². The Labute approximate surface area is 103 Å². The SMILES string of the molecule is Cc1ncc(N2CCCCCC2CN)nc1C. The minimum absolute atomic E-state index is 0.425. The van der Waals surface area contributed by atoms with Gasteiger partial charge in [0.15, 0.2) is 0 Å². The van der Waals surface area contributed by atoms with Crippen LogP contribution in [0.25, 0.3) is 0 Å². The lowest BCUT2D eigenvalue weighted by atomic mass is 10.1. The minimum Gasteiger partial charge on any atom is -0.351 e. The summed E-state index contributed by atoms with van der Waals surface area (Å²) in [4.78, 5) is 11.4. The highest BCUT2D eigenvalue weighted by molar-refractivity contribution is 5.39. The summed E-state index contributed by atoms with van der Waals surface area (Å²) in [6, 6.07) is 0.425. The average molecular weight is 234 g/mol. The molecule has 1 aliphatic rings. The molecule has 4 heteroatoms. The van der Waals surface area contributed by atoms with Crippen molar-refractivity contribution in [3.63, 3.8) is 0 Å². The Morgan fingerprint density at radius 1 is 1.29 bits per heavy atom. The molecule has 0 aliphatic carbocycles. The summed E-state index contributed by atoms with van der Waals surface area (Å²) in [6.07, 6.45) is 6.86. The monoisotopic (exact) mass is 234 g/mol. The molecule has 1 unspecified atom stereocenters. The van der Waals surface area contributed by atoms with Crippen molar-refractivity contribution in [3.05, 3.63) is 17.6 Å². The van der Waals surface area contributed by atoms with Crippen LogP contribution in [0.1, 0.15) is 37.1 Å². The Hall–Kier alpha value is -1.16. The minimum atomic E-state index is 0.425. The lowest BCUT2D eigenvalue weighted by Gasteiger charge is -2.30. The summed E-state index contributed by atoms with van der Waals surface area (Å²) in [5, 5.41) is 0. The number of hydrogen-bond acceptors (Lipinski definition) is 4. The van der Waals surface area contributed by atoms with Gasteiger partial charge in [-0.3, -0.25) is 4.98 Å². The topological polar surface area (TPSA) is 55.0 Å². The molecular formula is C13H22N4. The molecule has 1 saturated heterocycles. The third-order valence-corrected chi connectivity index (χ3v) is 3.62. The van der Waals surface area contributed by atoms with E-state index in [1.54, 1.807) is 0 Å². The number of anilines is 1. The van der Waals surface area contributed by atoms with Gasteiger partial charge in [-0.25, -0.2) is 4.98 Å². The third kappa shape index (κ3) is 2.75. The van der Waals surface area contributed by atoms with Crippen LogP contribution in [0.5, 0.6) is 0 Å². The highest BCUT2D eigenvalue weighted by Crippen LogP contribution is 2.22. The average Bonchev–Trinajstić information content (AvgIpc) is 2.57. The molecule has 17 heavy (non-hydrogen) atoms. The van der Waals surface area contributed by atoms with Crippen molar-refractivity contribution in [1.82, 2.24) is 9.97 Å². The van der Waals surface area contributed by atoms with Gasteiger partial charge in [0.25, 0.3) is 0 Å². The largest absolute Gasteiger partial charge is 0.351 e. The maximum atomic E-state index is 5.88. The smallest absolute Gasteiger partial charge is 0.147 e. The van der Waals surface area contributed by atoms with E-state index in [1.807, 2.05) is 20.0 Å². The first kappa shape index (κ1) is 12.3. The molecule has 94 valence electrons. The van der Waals surface area contributed by atoms with Gasteiger partial charge < -0.3 is 10.6 Å². The number of aryl methyl sites for hydroxylation is 2. The molecule has 4 nitrogen and oxygen atoms in total. The van der Waals surface area contributed by atoms with Crippen LogP contribution in [0, 0.1) is 13.8 Å². The van der Waals surface area contributed by atoms with Gasteiger partial charge in [-0.15, -0.1) is 0 Å². The summed E-state index contributed by atoms with van der Waals surface area (Å²) >= 11 is 0. The third-order valence-electron chi connectivity index (χ3n) is 3.62. The second kappa shape index (κ2) is 5.45. The molecule has 1 aromatic heterocycles. The fourth-order valence-corrected chi connectivity index (χ4v) is 2.39. The Kier molecular flexibility index (Phi) is 3.94. The highest BCUT2D eigenvalue weighted by atomic mass is 15.2. The zero-order valence-electron chi connectivity index (χ0n) is 10.8. The summed E-state index contributed by atoms with van der Waals surface area (Å²) < 4.78 is 0. The van der Waals surface area contributed by atoms with Gasteiger partial charge in [0.2, 0.25) is 0 Å². The van der Waals surface area contributed by atoms with Gasteiger partial charge >= 0.3 is 0 Å². The molecule has 0 spiro atoms. The van der Waals surface area contributed by atoms with Gasteiger partial charge in [-0.2, -0.15) is 0 Å². The van der Waals surface area contributed by atoms with Gasteiger partial charge in [-0.1, -0.05) is 12.8 Å². The summed E-state index contributed by atoms with van der Waals surface area (Å²) in [7, 11) is 0. The zero-order chi connectivity index (χ0) is 12.3. The summed E-state index contributed by atoms with van der Waals surface area (Å²) in [5.74, 6) is 0.991. The van der Waals surface area contributed by atoms with E-state index >= 15 is 0 Å². The number of aromatic nitrogens is 2. The van der Waals surface area contributed by atoms with Crippen LogP contribution in [-0.4, -0.2) is 29.1 Å². The van der Waals surface area contributed by atoms with E-state index in [1.165, 1.54) is 25.7 Å². The molecule has 1 atom stereocenters. The fourth-order valence-electron chi connectivity index (χ4n) is 2.39. The van der Waals surface area contributed by atoms with E-state index in [0.717, 1.165) is 23.8 Å². The molecular weight excluding hydrogens is 212 g/mol. The van der Waals surface area contributed by atoms with Crippen molar-refractivity contribution in [2.24, 2.45) is 5.73 Å². The van der Waals surface area contributed by atoms with E-state index in [9.17, 15) is 0 Å². The lowest BCUT2D eigenvalue weighted by molar-refractivity contribution is 0.574. The summed E-state index contributed by atoms with van der Waals surface area (Å²) in [5.41, 5.74) is 7.90. The molecule has 0 saturated carbocycles. The molecule has 0 aromatic carbocycles. The Morgan fingerprint density at radius 2 is 2.12 bits per heavy atom. The van der Waals surface area contributed by atoms with Crippen molar-refractivity contribution in [1.29, 1.82) is 0 Å². The van der Waals surface area contributed by atoms with Gasteiger partial charge in [0, 0.05) is 19.1 Å². The van der Waals surface area contributed by atoms with Crippen LogP contribution in [0.4, 0.5) is 5.82 Å². The van der Waals surface area contributed by atoms with Crippen molar-refractivity contribution >= 4 is 5.82 Å². The van der Waals surface area contributed by atoms with Crippen molar-refractivity contribution in [3.8, 4) is 0 Å². The molecule has 2 rings (SSSR count). The fraction of sp³-hybridized carbons (Fsp3) is 0.692. The molecule has 2 heterocycles. The van der Waals surface area contributed by atoms with E-state index in [-0.39, 0.29) is 0 Å². The first-order valence-corrected chi connectivity index (χ1v) is 6.49. The van der Waals surface area contributed by atoms with Gasteiger partial charge in [-0.05, 0) is 26.7 Å². The molecule has 1 aromatic rings. The Morgan fingerprint density at radius 3 is 2.82 bits per heavy atom. The number of rotatable bonds is 2. The number of nitrogens with two attached hydrogens (primary N) is 1. The predicted octanol–water partition coefficient (Wildman–Crippen LogP) is 1.80. The first-order valence-electron chi connectivity index (χ1n) is 6.49. The Bertz CT molecular complexity index is 378. The normalized spacial score (nSPS) is 21.4. The number of nitrogens with zero attached hydrogens (tertiary/aromatic N) is 3. The van der Waals surface area contributed by atoms with Crippen molar-refractivity contribution < 1.29 is 0 Å². The van der Waals surface area contributed by atoms with Crippen LogP contribution in [0.3, 0.4) is 0 Å². The van der Waals surface area contributed by atoms with Crippen LogP contribution < -0.4 is 10.6 Å². The Balaban J connectivity index is 2.25. The van der Waals surface area contributed by atoms with Crippen molar-refractivity contribution in [2.75, 3.05) is 18.0 Å². The van der Waals surface area contributed by atoms with E-state index in [0.29, 0.717) is 12.6 Å². The lowest BCUT2D eigenvalue weighted by Crippen LogP contribution is -2.40. The molecule has 2 N–H and O–H groups in total. The standard InChI is InChI=1S/C13H22N4/c1-10-11(2)16-13(9-15-10)17-7-5-3-4-6-12(17)8-14/h9,12H,3-8,14H2,1-2H3. The molecule has 0 radical (unpaired) electrons. The molecule has 0 bridgehead atoms. The van der Waals surface area contributed by atoms with Crippen LogP contribution >= 0.6 is 0 Å². The first-order chi connectivity index (χ1) is 8.22. The number of hydrogen-bond donors (Lipinski definition) is 1. The predicted molar refractivity (Wildman–Crippen MR) is 70.2 cm³/mol. The maximum absolute atomic E-state index is 5.88. The van der Waals surface area contributed by atoms with Crippen LogP contribution in [0.15, 0.2) is 6.20 Å². The zero-order valence-corrected chi connectivity index (χ0v) is 10.8.